The Hall–Kier alpha value is -2.16. The van der Waals surface area contributed by atoms with E-state index in [-0.39, 0.29) is 37.6 Å². The molecule has 4 N–H and O–H groups in total. The van der Waals surface area contributed by atoms with Gasteiger partial charge < -0.3 is 25.7 Å². The minimum absolute atomic E-state index is 0.00640. The minimum atomic E-state index is -1.15. The zero-order valence-corrected chi connectivity index (χ0v) is 10.6. The number of carbonyl (C=O) groups is 3. The van der Waals surface area contributed by atoms with Gasteiger partial charge in [-0.3, -0.25) is 9.59 Å². The van der Waals surface area contributed by atoms with Gasteiger partial charge in [-0.25, -0.2) is 4.79 Å². The number of hydrogen-bond donors (Lipinski definition) is 3. The molecule has 2 aliphatic heterocycles. The number of aliphatic carboxylic acids is 2. The first-order valence-electron chi connectivity index (χ1n) is 6.13. The predicted octanol–water partition coefficient (Wildman–Crippen LogP) is -1.52. The first-order valence-corrected chi connectivity index (χ1v) is 6.13. The largest absolute Gasteiger partial charge is 0.480 e. The average molecular weight is 285 g/mol. The zero-order chi connectivity index (χ0) is 14.9. The molecule has 1 amide bonds. The van der Waals surface area contributed by atoms with Gasteiger partial charge in [0, 0.05) is 13.0 Å². The average Bonchev–Trinajstić information content (AvgIpc) is 2.94. The van der Waals surface area contributed by atoms with E-state index in [1.165, 1.54) is 4.90 Å². The molecule has 2 aliphatic rings. The quantitative estimate of drug-likeness (QED) is 0.556. The summed E-state index contributed by atoms with van der Waals surface area (Å²) in [5, 5.41) is 21.1. The Morgan fingerprint density at radius 2 is 2.10 bits per heavy atom. The van der Waals surface area contributed by atoms with Crippen LogP contribution in [0.25, 0.3) is 0 Å². The molecule has 0 spiro atoms. The van der Waals surface area contributed by atoms with Crippen molar-refractivity contribution < 1.29 is 29.4 Å². The molecular formula is C11H15N3O6. The van der Waals surface area contributed by atoms with Gasteiger partial charge in [0.05, 0.1) is 12.5 Å². The molecule has 1 fully saturated rings. The second kappa shape index (κ2) is 5.45. The molecule has 110 valence electrons. The van der Waals surface area contributed by atoms with Crippen LogP contribution in [0.2, 0.25) is 0 Å². The van der Waals surface area contributed by atoms with Gasteiger partial charge in [-0.05, 0) is 6.42 Å². The molecule has 0 bridgehead atoms. The fourth-order valence-corrected chi connectivity index (χ4v) is 2.30. The Kier molecular flexibility index (Phi) is 3.89. The molecule has 2 heterocycles. The van der Waals surface area contributed by atoms with Crippen LogP contribution in [0.5, 0.6) is 0 Å². The van der Waals surface area contributed by atoms with Crippen LogP contribution in [0.3, 0.4) is 0 Å². The van der Waals surface area contributed by atoms with Gasteiger partial charge in [0.15, 0.2) is 11.8 Å². The van der Waals surface area contributed by atoms with Crippen molar-refractivity contribution in [3.63, 3.8) is 0 Å². The van der Waals surface area contributed by atoms with Gasteiger partial charge in [-0.1, -0.05) is 5.16 Å². The summed E-state index contributed by atoms with van der Waals surface area (Å²) in [6.07, 6.45) is -0.383. The number of oxime groups is 1. The maximum Gasteiger partial charge on any atom is 0.354 e. The first kappa shape index (κ1) is 14.3. The van der Waals surface area contributed by atoms with E-state index in [1.807, 2.05) is 0 Å². The smallest absolute Gasteiger partial charge is 0.354 e. The zero-order valence-electron chi connectivity index (χ0n) is 10.6. The molecule has 20 heavy (non-hydrogen) atoms. The van der Waals surface area contributed by atoms with Crippen molar-refractivity contribution in [2.75, 3.05) is 13.1 Å². The van der Waals surface area contributed by atoms with Gasteiger partial charge >= 0.3 is 11.9 Å². The third-order valence-corrected chi connectivity index (χ3v) is 3.46. The lowest BCUT2D eigenvalue weighted by Gasteiger charge is -2.17. The number of fused-ring (bicyclic) bond motifs is 1. The van der Waals surface area contributed by atoms with Crippen LogP contribution in [0.1, 0.15) is 12.8 Å². The van der Waals surface area contributed by atoms with Gasteiger partial charge in [0.1, 0.15) is 6.04 Å². The molecule has 0 saturated carbocycles. The van der Waals surface area contributed by atoms with Crippen LogP contribution < -0.4 is 5.73 Å². The van der Waals surface area contributed by atoms with Gasteiger partial charge in [-0.15, -0.1) is 0 Å². The Morgan fingerprint density at radius 1 is 1.40 bits per heavy atom. The van der Waals surface area contributed by atoms with Crippen LogP contribution in [-0.4, -0.2) is 63.9 Å². The van der Waals surface area contributed by atoms with Crippen molar-refractivity contribution in [3.8, 4) is 0 Å². The third kappa shape index (κ3) is 2.72. The summed E-state index contributed by atoms with van der Waals surface area (Å²) in [4.78, 5) is 39.8. The number of nitrogens with two attached hydrogens (primary N) is 1. The highest BCUT2D eigenvalue weighted by molar-refractivity contribution is 6.37. The first-order chi connectivity index (χ1) is 9.40. The number of carboxylic acids is 2. The van der Waals surface area contributed by atoms with Crippen LogP contribution in [0.15, 0.2) is 5.16 Å². The summed E-state index contributed by atoms with van der Waals surface area (Å²) in [5.74, 6) is -2.99. The van der Waals surface area contributed by atoms with E-state index in [0.717, 1.165) is 0 Å². The number of nitrogens with zero attached hydrogens (tertiary/aromatic N) is 2. The summed E-state index contributed by atoms with van der Waals surface area (Å²) in [7, 11) is 0. The van der Waals surface area contributed by atoms with E-state index >= 15 is 0 Å². The van der Waals surface area contributed by atoms with Gasteiger partial charge in [0.2, 0.25) is 5.91 Å². The lowest BCUT2D eigenvalue weighted by Crippen LogP contribution is -2.35. The number of rotatable bonds is 5. The fourth-order valence-electron chi connectivity index (χ4n) is 2.30. The summed E-state index contributed by atoms with van der Waals surface area (Å²) in [6.45, 7) is 0.475. The van der Waals surface area contributed by atoms with Crippen LogP contribution in [0.4, 0.5) is 0 Å². The van der Waals surface area contributed by atoms with Crippen molar-refractivity contribution in [2.24, 2.45) is 16.8 Å². The van der Waals surface area contributed by atoms with Crippen LogP contribution in [-0.2, 0) is 19.2 Å². The topological polar surface area (TPSA) is 143 Å². The number of hydrogen-bond acceptors (Lipinski definition) is 6. The van der Waals surface area contributed by atoms with E-state index < -0.39 is 30.0 Å². The number of amides is 1. The Labute approximate surface area is 114 Å². The number of carboxylic acid groups (broad SMARTS) is 2. The van der Waals surface area contributed by atoms with Gasteiger partial charge in [0.25, 0.3) is 0 Å². The van der Waals surface area contributed by atoms with Crippen molar-refractivity contribution in [2.45, 2.75) is 25.0 Å². The molecule has 0 aromatic carbocycles. The molecule has 0 aliphatic carbocycles. The molecule has 2 rings (SSSR count). The monoisotopic (exact) mass is 285 g/mol. The molecule has 0 aromatic heterocycles. The SMILES string of the molecule is N[C@H](CCC(=O)N1C[C@@H]2C(C(=O)O)=NO[C@@H]2C1)C(=O)O. The standard InChI is InChI=1S/C11H15N3O6/c12-6(10(16)17)1-2-8(15)14-3-5-7(4-14)20-13-9(5)11(18)19/h5-7H,1-4,12H2,(H,16,17)(H,18,19)/t5-,6+,7+/m0/s1. The van der Waals surface area contributed by atoms with E-state index in [4.69, 9.17) is 20.8 Å². The Balaban J connectivity index is 1.87. The molecule has 0 radical (unpaired) electrons. The molecule has 3 atom stereocenters. The maximum absolute atomic E-state index is 11.9. The second-order valence-electron chi connectivity index (χ2n) is 4.81. The van der Waals surface area contributed by atoms with Crippen molar-refractivity contribution in [3.05, 3.63) is 0 Å². The maximum atomic E-state index is 11.9. The molecule has 0 unspecified atom stereocenters. The molecular weight excluding hydrogens is 270 g/mol. The van der Waals surface area contributed by atoms with E-state index in [9.17, 15) is 14.4 Å². The molecule has 9 nitrogen and oxygen atoms in total. The normalized spacial score (nSPS) is 25.6. The van der Waals surface area contributed by atoms with E-state index in [1.54, 1.807) is 0 Å². The molecule has 1 saturated heterocycles. The highest BCUT2D eigenvalue weighted by Crippen LogP contribution is 2.27. The summed E-state index contributed by atoms with van der Waals surface area (Å²) in [5.41, 5.74) is 5.25. The summed E-state index contributed by atoms with van der Waals surface area (Å²) < 4.78 is 0. The van der Waals surface area contributed by atoms with E-state index in [0.29, 0.717) is 0 Å². The highest BCUT2D eigenvalue weighted by atomic mass is 16.6. The third-order valence-electron chi connectivity index (χ3n) is 3.46. The van der Waals surface area contributed by atoms with Gasteiger partial charge in [-0.2, -0.15) is 0 Å². The highest BCUT2D eigenvalue weighted by Gasteiger charge is 2.46. The fraction of sp³-hybridized carbons (Fsp3) is 0.636. The number of likely N-dealkylation sites (tertiary alicyclic amines) is 1. The Morgan fingerprint density at radius 3 is 2.70 bits per heavy atom. The van der Waals surface area contributed by atoms with E-state index in [2.05, 4.69) is 5.16 Å². The predicted molar refractivity (Wildman–Crippen MR) is 64.9 cm³/mol. The van der Waals surface area contributed by atoms with Crippen LogP contribution in [0, 0.1) is 5.92 Å². The summed E-state index contributed by atoms with van der Waals surface area (Å²) >= 11 is 0. The minimum Gasteiger partial charge on any atom is -0.480 e. The van der Waals surface area contributed by atoms with Crippen molar-refractivity contribution >= 4 is 23.6 Å². The molecule has 0 aromatic rings. The van der Waals surface area contributed by atoms with Crippen LogP contribution >= 0.6 is 0 Å². The lowest BCUT2D eigenvalue weighted by molar-refractivity contribution is -0.139. The number of carbonyl (C=O) groups excluding carboxylic acids is 1. The molecule has 9 heteroatoms. The lowest BCUT2D eigenvalue weighted by atomic mass is 10.0. The van der Waals surface area contributed by atoms with Crippen molar-refractivity contribution in [1.29, 1.82) is 0 Å². The Bertz CT molecular complexity index is 477. The second-order valence-corrected chi connectivity index (χ2v) is 4.81. The summed E-state index contributed by atoms with van der Waals surface area (Å²) in [6, 6.07) is -1.08. The van der Waals surface area contributed by atoms with Crippen molar-refractivity contribution in [1.82, 2.24) is 4.90 Å².